The number of hydrogen-bond donors (Lipinski definition) is 1. The molecule has 1 aliphatic rings. The van der Waals surface area contributed by atoms with E-state index in [1.807, 2.05) is 29.8 Å². The molecular weight excluding hydrogens is 260 g/mol. The summed E-state index contributed by atoms with van der Waals surface area (Å²) in [6.45, 7) is 2.48. The highest BCUT2D eigenvalue weighted by molar-refractivity contribution is 6.30. The van der Waals surface area contributed by atoms with Crippen molar-refractivity contribution in [3.05, 3.63) is 40.2 Å². The van der Waals surface area contributed by atoms with Crippen LogP contribution in [0.15, 0.2) is 18.2 Å². The van der Waals surface area contributed by atoms with Crippen molar-refractivity contribution in [1.29, 1.82) is 0 Å². The van der Waals surface area contributed by atoms with Crippen molar-refractivity contribution in [2.24, 2.45) is 5.73 Å². The molecule has 0 radical (unpaired) electrons. The molecule has 0 amide bonds. The molecule has 0 spiro atoms. The minimum Gasteiger partial charge on any atom is -0.325 e. The summed E-state index contributed by atoms with van der Waals surface area (Å²) in [5.41, 5.74) is 10.0. The van der Waals surface area contributed by atoms with Crippen LogP contribution in [-0.4, -0.2) is 15.0 Å². The van der Waals surface area contributed by atoms with Crippen LogP contribution in [0.4, 0.5) is 0 Å². The molecule has 2 N–H and O–H groups in total. The first-order chi connectivity index (χ1) is 9.20. The number of nitrogens with zero attached hydrogens (tertiary/aromatic N) is 3. The second kappa shape index (κ2) is 4.94. The van der Waals surface area contributed by atoms with Crippen LogP contribution in [0.3, 0.4) is 0 Å². The predicted molar refractivity (Wildman–Crippen MR) is 75.6 cm³/mol. The van der Waals surface area contributed by atoms with Gasteiger partial charge in [0.05, 0.1) is 11.4 Å². The van der Waals surface area contributed by atoms with E-state index in [4.69, 9.17) is 17.3 Å². The Morgan fingerprint density at radius 2 is 2.21 bits per heavy atom. The molecule has 5 heteroatoms. The average molecular weight is 277 g/mol. The van der Waals surface area contributed by atoms with Crippen LogP contribution in [0, 0.1) is 6.92 Å². The van der Waals surface area contributed by atoms with Gasteiger partial charge in [-0.2, -0.15) is 0 Å². The minimum absolute atomic E-state index is 0.443. The molecule has 3 rings (SSSR count). The Balaban J connectivity index is 2.11. The van der Waals surface area contributed by atoms with Gasteiger partial charge in [0, 0.05) is 17.5 Å². The van der Waals surface area contributed by atoms with Gasteiger partial charge in [0.1, 0.15) is 5.69 Å². The number of halogens is 1. The van der Waals surface area contributed by atoms with E-state index in [0.717, 1.165) is 22.0 Å². The molecule has 19 heavy (non-hydrogen) atoms. The SMILES string of the molecule is Cc1cc(Cl)ccc1-n1nnc(CN)c1C1CCC1. The van der Waals surface area contributed by atoms with Gasteiger partial charge >= 0.3 is 0 Å². The van der Waals surface area contributed by atoms with Crippen molar-refractivity contribution in [3.63, 3.8) is 0 Å². The fourth-order valence-electron chi connectivity index (χ4n) is 2.59. The van der Waals surface area contributed by atoms with E-state index in [2.05, 4.69) is 10.3 Å². The first-order valence-corrected chi connectivity index (χ1v) is 6.99. The van der Waals surface area contributed by atoms with Gasteiger partial charge in [0.25, 0.3) is 0 Å². The molecule has 0 atom stereocenters. The monoisotopic (exact) mass is 276 g/mol. The Morgan fingerprint density at radius 1 is 1.42 bits per heavy atom. The average Bonchev–Trinajstić information content (AvgIpc) is 2.71. The van der Waals surface area contributed by atoms with Crippen LogP contribution in [0.5, 0.6) is 0 Å². The summed E-state index contributed by atoms with van der Waals surface area (Å²) < 4.78 is 1.94. The zero-order chi connectivity index (χ0) is 13.4. The fourth-order valence-corrected chi connectivity index (χ4v) is 2.82. The molecular formula is C14H17ClN4. The number of hydrogen-bond acceptors (Lipinski definition) is 3. The van der Waals surface area contributed by atoms with Gasteiger partial charge in [0.2, 0.25) is 0 Å². The Bertz CT molecular complexity index is 601. The topological polar surface area (TPSA) is 56.7 Å². The third-order valence-corrected chi connectivity index (χ3v) is 4.09. The van der Waals surface area contributed by atoms with Crippen molar-refractivity contribution >= 4 is 11.6 Å². The molecule has 4 nitrogen and oxygen atoms in total. The lowest BCUT2D eigenvalue weighted by Crippen LogP contribution is -2.17. The highest BCUT2D eigenvalue weighted by Crippen LogP contribution is 2.38. The van der Waals surface area contributed by atoms with Crippen LogP contribution >= 0.6 is 11.6 Å². The second-order valence-corrected chi connectivity index (χ2v) is 5.53. The third kappa shape index (κ3) is 2.15. The standard InChI is InChI=1S/C14H17ClN4/c1-9-7-11(15)5-6-13(9)19-14(10-3-2-4-10)12(8-16)17-18-19/h5-7,10H,2-4,8,16H2,1H3. The molecule has 0 saturated heterocycles. The maximum Gasteiger partial charge on any atom is 0.100 e. The molecule has 1 heterocycles. The number of benzene rings is 1. The van der Waals surface area contributed by atoms with E-state index in [1.54, 1.807) is 0 Å². The maximum atomic E-state index is 6.01. The van der Waals surface area contributed by atoms with Crippen LogP contribution in [0.2, 0.25) is 5.02 Å². The predicted octanol–water partition coefficient (Wildman–Crippen LogP) is 2.96. The van der Waals surface area contributed by atoms with E-state index in [9.17, 15) is 0 Å². The summed E-state index contributed by atoms with van der Waals surface area (Å²) in [4.78, 5) is 0. The lowest BCUT2D eigenvalue weighted by molar-refractivity contribution is 0.400. The van der Waals surface area contributed by atoms with E-state index >= 15 is 0 Å². The van der Waals surface area contributed by atoms with Crippen LogP contribution in [0.1, 0.15) is 42.1 Å². The Hall–Kier alpha value is -1.39. The summed E-state index contributed by atoms with van der Waals surface area (Å²) in [6, 6.07) is 5.83. The first-order valence-electron chi connectivity index (χ1n) is 6.61. The van der Waals surface area contributed by atoms with Crippen molar-refractivity contribution < 1.29 is 0 Å². The molecule has 1 saturated carbocycles. The van der Waals surface area contributed by atoms with Gasteiger partial charge in [-0.1, -0.05) is 23.2 Å². The van der Waals surface area contributed by atoms with Crippen LogP contribution < -0.4 is 5.73 Å². The molecule has 0 unspecified atom stereocenters. The van der Waals surface area contributed by atoms with Crippen molar-refractivity contribution in [2.45, 2.75) is 38.6 Å². The molecule has 1 fully saturated rings. The largest absolute Gasteiger partial charge is 0.325 e. The molecule has 1 aliphatic carbocycles. The van der Waals surface area contributed by atoms with Crippen LogP contribution in [-0.2, 0) is 6.54 Å². The molecule has 100 valence electrons. The van der Waals surface area contributed by atoms with Crippen molar-refractivity contribution in [2.75, 3.05) is 0 Å². The quantitative estimate of drug-likeness (QED) is 0.938. The molecule has 0 aliphatic heterocycles. The number of aryl methyl sites for hydroxylation is 1. The molecule has 0 bridgehead atoms. The second-order valence-electron chi connectivity index (χ2n) is 5.10. The highest BCUT2D eigenvalue weighted by Gasteiger charge is 2.28. The van der Waals surface area contributed by atoms with Crippen LogP contribution in [0.25, 0.3) is 5.69 Å². The summed E-state index contributed by atoms with van der Waals surface area (Å²) in [5, 5.41) is 9.27. The van der Waals surface area contributed by atoms with E-state index < -0.39 is 0 Å². The van der Waals surface area contributed by atoms with Gasteiger partial charge in [-0.3, -0.25) is 0 Å². The lowest BCUT2D eigenvalue weighted by atomic mass is 9.82. The van der Waals surface area contributed by atoms with E-state index in [-0.39, 0.29) is 0 Å². The Morgan fingerprint density at radius 3 is 2.79 bits per heavy atom. The third-order valence-electron chi connectivity index (χ3n) is 3.85. The Labute approximate surface area is 117 Å². The smallest absolute Gasteiger partial charge is 0.100 e. The van der Waals surface area contributed by atoms with Crippen molar-refractivity contribution in [1.82, 2.24) is 15.0 Å². The first kappa shape index (κ1) is 12.6. The number of rotatable bonds is 3. The lowest BCUT2D eigenvalue weighted by Gasteiger charge is -2.26. The van der Waals surface area contributed by atoms with E-state index in [1.165, 1.54) is 25.0 Å². The van der Waals surface area contributed by atoms with Gasteiger partial charge in [-0.05, 0) is 43.5 Å². The summed E-state index contributed by atoms with van der Waals surface area (Å²) >= 11 is 6.01. The number of nitrogens with two attached hydrogens (primary N) is 1. The van der Waals surface area contributed by atoms with Gasteiger partial charge in [-0.15, -0.1) is 5.10 Å². The number of aromatic nitrogens is 3. The van der Waals surface area contributed by atoms with Gasteiger partial charge < -0.3 is 5.73 Å². The normalized spacial score (nSPS) is 15.5. The Kier molecular flexibility index (Phi) is 3.29. The summed E-state index contributed by atoms with van der Waals surface area (Å²) in [7, 11) is 0. The zero-order valence-electron chi connectivity index (χ0n) is 10.9. The minimum atomic E-state index is 0.443. The summed E-state index contributed by atoms with van der Waals surface area (Å²) in [6.07, 6.45) is 3.68. The molecule has 1 aromatic carbocycles. The van der Waals surface area contributed by atoms with Gasteiger partial charge in [0.15, 0.2) is 0 Å². The van der Waals surface area contributed by atoms with Crippen molar-refractivity contribution in [3.8, 4) is 5.69 Å². The molecule has 1 aromatic heterocycles. The summed E-state index contributed by atoms with van der Waals surface area (Å²) in [5.74, 6) is 0.545. The van der Waals surface area contributed by atoms with E-state index in [0.29, 0.717) is 12.5 Å². The highest BCUT2D eigenvalue weighted by atomic mass is 35.5. The zero-order valence-corrected chi connectivity index (χ0v) is 11.7. The fraction of sp³-hybridized carbons (Fsp3) is 0.429. The van der Waals surface area contributed by atoms with Gasteiger partial charge in [-0.25, -0.2) is 4.68 Å². The maximum absolute atomic E-state index is 6.01. The molecule has 2 aromatic rings.